The first kappa shape index (κ1) is 11.6. The lowest BCUT2D eigenvalue weighted by Crippen LogP contribution is -2.03. The van der Waals surface area contributed by atoms with Crippen LogP contribution in [0.25, 0.3) is 11.6 Å². The van der Waals surface area contributed by atoms with Gasteiger partial charge < -0.3 is 9.13 Å². The van der Waals surface area contributed by atoms with Gasteiger partial charge in [0.1, 0.15) is 0 Å². The van der Waals surface area contributed by atoms with Crippen molar-refractivity contribution >= 4 is 0 Å². The Labute approximate surface area is 102 Å². The van der Waals surface area contributed by atoms with Crippen molar-refractivity contribution in [1.29, 1.82) is 0 Å². The molecule has 0 bridgehead atoms. The van der Waals surface area contributed by atoms with E-state index in [-0.39, 0.29) is 0 Å². The summed E-state index contributed by atoms with van der Waals surface area (Å²) in [7, 11) is 1.99. The molecule has 0 atom stereocenters. The van der Waals surface area contributed by atoms with Gasteiger partial charge in [0.15, 0.2) is 11.6 Å². The summed E-state index contributed by atoms with van der Waals surface area (Å²) in [5.41, 5.74) is 0. The van der Waals surface area contributed by atoms with Crippen LogP contribution in [0.15, 0.2) is 37.4 Å². The second-order valence-corrected chi connectivity index (χ2v) is 4.09. The largest absolute Gasteiger partial charge is 0.331 e. The quantitative estimate of drug-likeness (QED) is 0.565. The summed E-state index contributed by atoms with van der Waals surface area (Å²) in [6.07, 6.45) is 12.9. The standard InChI is InChI=1S/C13H18N4/c1-3-4-5-6-9-17-11-8-15-13(17)12-14-7-10-16(12)2/h3,7-8,10-11H,1,4-6,9H2,2H3. The Morgan fingerprint density at radius 3 is 2.65 bits per heavy atom. The lowest BCUT2D eigenvalue weighted by atomic mass is 10.2. The molecule has 0 aromatic carbocycles. The van der Waals surface area contributed by atoms with Crippen molar-refractivity contribution in [3.63, 3.8) is 0 Å². The first-order valence-corrected chi connectivity index (χ1v) is 5.92. The summed E-state index contributed by atoms with van der Waals surface area (Å²) >= 11 is 0. The van der Waals surface area contributed by atoms with Gasteiger partial charge in [-0.2, -0.15) is 0 Å². The second kappa shape index (κ2) is 5.48. The Bertz CT molecular complexity index is 481. The number of imidazole rings is 2. The van der Waals surface area contributed by atoms with E-state index < -0.39 is 0 Å². The van der Waals surface area contributed by atoms with E-state index >= 15 is 0 Å². The molecule has 2 rings (SSSR count). The Hall–Kier alpha value is -1.84. The second-order valence-electron chi connectivity index (χ2n) is 4.09. The molecule has 0 aliphatic heterocycles. The number of unbranched alkanes of at least 4 members (excludes halogenated alkanes) is 2. The molecule has 0 saturated heterocycles. The minimum atomic E-state index is 0.915. The van der Waals surface area contributed by atoms with Crippen LogP contribution >= 0.6 is 0 Å². The summed E-state index contributed by atoms with van der Waals surface area (Å²) in [5.74, 6) is 1.86. The molecular weight excluding hydrogens is 212 g/mol. The first-order valence-electron chi connectivity index (χ1n) is 5.92. The smallest absolute Gasteiger partial charge is 0.176 e. The van der Waals surface area contributed by atoms with E-state index in [0.29, 0.717) is 0 Å². The van der Waals surface area contributed by atoms with Crippen LogP contribution in [0.4, 0.5) is 0 Å². The number of nitrogens with zero attached hydrogens (tertiary/aromatic N) is 4. The average Bonchev–Trinajstić information content (AvgIpc) is 2.93. The molecule has 0 unspecified atom stereocenters. The zero-order chi connectivity index (χ0) is 12.1. The van der Waals surface area contributed by atoms with Crippen molar-refractivity contribution in [2.75, 3.05) is 0 Å². The fourth-order valence-electron chi connectivity index (χ4n) is 1.85. The number of allylic oxidation sites excluding steroid dienone is 1. The van der Waals surface area contributed by atoms with E-state index in [2.05, 4.69) is 21.1 Å². The van der Waals surface area contributed by atoms with E-state index in [1.807, 2.05) is 36.3 Å². The van der Waals surface area contributed by atoms with Crippen LogP contribution in [0.3, 0.4) is 0 Å². The summed E-state index contributed by atoms with van der Waals surface area (Å²) in [6, 6.07) is 0. The number of aryl methyl sites for hydroxylation is 2. The summed E-state index contributed by atoms with van der Waals surface area (Å²) in [5, 5.41) is 0. The highest BCUT2D eigenvalue weighted by molar-refractivity contribution is 5.44. The maximum Gasteiger partial charge on any atom is 0.176 e. The predicted octanol–water partition coefficient (Wildman–Crippen LogP) is 2.64. The number of rotatable bonds is 6. The van der Waals surface area contributed by atoms with E-state index in [1.165, 1.54) is 6.42 Å². The normalized spacial score (nSPS) is 10.6. The molecule has 0 spiro atoms. The molecule has 2 aromatic rings. The molecule has 4 heteroatoms. The predicted molar refractivity (Wildman–Crippen MR) is 68.5 cm³/mol. The maximum absolute atomic E-state index is 4.38. The molecule has 0 saturated carbocycles. The number of aromatic nitrogens is 4. The zero-order valence-corrected chi connectivity index (χ0v) is 10.2. The first-order chi connectivity index (χ1) is 8.33. The van der Waals surface area contributed by atoms with Gasteiger partial charge in [-0.1, -0.05) is 6.08 Å². The van der Waals surface area contributed by atoms with Gasteiger partial charge in [-0.05, 0) is 19.3 Å². The third kappa shape index (κ3) is 2.64. The third-order valence-corrected chi connectivity index (χ3v) is 2.79. The van der Waals surface area contributed by atoms with Gasteiger partial charge in [0, 0.05) is 38.4 Å². The van der Waals surface area contributed by atoms with E-state index in [4.69, 9.17) is 0 Å². The summed E-state index contributed by atoms with van der Waals surface area (Å²) in [6.45, 7) is 4.71. The molecule has 4 nitrogen and oxygen atoms in total. The van der Waals surface area contributed by atoms with Gasteiger partial charge in [0.25, 0.3) is 0 Å². The minimum Gasteiger partial charge on any atom is -0.331 e. The Morgan fingerprint density at radius 2 is 1.94 bits per heavy atom. The molecule has 0 amide bonds. The molecule has 0 N–H and O–H groups in total. The fourth-order valence-corrected chi connectivity index (χ4v) is 1.85. The topological polar surface area (TPSA) is 35.6 Å². The van der Waals surface area contributed by atoms with Crippen molar-refractivity contribution < 1.29 is 0 Å². The van der Waals surface area contributed by atoms with Crippen LogP contribution in [0.2, 0.25) is 0 Å². The summed E-state index contributed by atoms with van der Waals surface area (Å²) < 4.78 is 4.15. The van der Waals surface area contributed by atoms with Crippen LogP contribution in [-0.2, 0) is 13.6 Å². The molecule has 0 aliphatic carbocycles. The van der Waals surface area contributed by atoms with Gasteiger partial charge in [-0.3, -0.25) is 0 Å². The van der Waals surface area contributed by atoms with Crippen molar-refractivity contribution in [3.05, 3.63) is 37.4 Å². The molecule has 17 heavy (non-hydrogen) atoms. The highest BCUT2D eigenvalue weighted by Crippen LogP contribution is 2.15. The van der Waals surface area contributed by atoms with Crippen molar-refractivity contribution in [2.45, 2.75) is 25.8 Å². The highest BCUT2D eigenvalue weighted by Gasteiger charge is 2.09. The van der Waals surface area contributed by atoms with Gasteiger partial charge in [-0.25, -0.2) is 9.97 Å². The molecule has 90 valence electrons. The lowest BCUT2D eigenvalue weighted by Gasteiger charge is -2.07. The molecule has 0 fully saturated rings. The van der Waals surface area contributed by atoms with Crippen LogP contribution in [0, 0.1) is 0 Å². The number of hydrogen-bond acceptors (Lipinski definition) is 2. The maximum atomic E-state index is 4.38. The molecule has 2 heterocycles. The average molecular weight is 230 g/mol. The molecule has 2 aromatic heterocycles. The molecular formula is C13H18N4. The van der Waals surface area contributed by atoms with Crippen molar-refractivity contribution in [1.82, 2.24) is 19.1 Å². The van der Waals surface area contributed by atoms with E-state index in [9.17, 15) is 0 Å². The molecule has 0 aliphatic rings. The van der Waals surface area contributed by atoms with E-state index in [1.54, 1.807) is 6.20 Å². The van der Waals surface area contributed by atoms with Gasteiger partial charge >= 0.3 is 0 Å². The zero-order valence-electron chi connectivity index (χ0n) is 10.2. The van der Waals surface area contributed by atoms with Crippen LogP contribution < -0.4 is 0 Å². The number of hydrogen-bond donors (Lipinski definition) is 0. The fraction of sp³-hybridized carbons (Fsp3) is 0.385. The lowest BCUT2D eigenvalue weighted by molar-refractivity contribution is 0.615. The van der Waals surface area contributed by atoms with Gasteiger partial charge in [0.2, 0.25) is 0 Å². The van der Waals surface area contributed by atoms with Crippen LogP contribution in [-0.4, -0.2) is 19.1 Å². The monoisotopic (exact) mass is 230 g/mol. The highest BCUT2D eigenvalue weighted by atomic mass is 15.1. The van der Waals surface area contributed by atoms with Gasteiger partial charge in [0.05, 0.1) is 0 Å². The third-order valence-electron chi connectivity index (χ3n) is 2.79. The van der Waals surface area contributed by atoms with Gasteiger partial charge in [-0.15, -0.1) is 6.58 Å². The van der Waals surface area contributed by atoms with Crippen molar-refractivity contribution in [2.24, 2.45) is 7.05 Å². The van der Waals surface area contributed by atoms with E-state index in [0.717, 1.165) is 31.0 Å². The van der Waals surface area contributed by atoms with Crippen LogP contribution in [0.5, 0.6) is 0 Å². The Balaban J connectivity index is 2.07. The molecule has 0 radical (unpaired) electrons. The Morgan fingerprint density at radius 1 is 1.18 bits per heavy atom. The Kier molecular flexibility index (Phi) is 3.75. The summed E-state index contributed by atoms with van der Waals surface area (Å²) in [4.78, 5) is 8.70. The van der Waals surface area contributed by atoms with Crippen LogP contribution in [0.1, 0.15) is 19.3 Å². The minimum absolute atomic E-state index is 0.915. The van der Waals surface area contributed by atoms with Crippen molar-refractivity contribution in [3.8, 4) is 11.6 Å². The SMILES string of the molecule is C=CCCCCn1ccnc1-c1nccn1C.